The molecule has 2 heterocycles. The number of carbonyl (C=O) groups is 1. The molecule has 1 atom stereocenters. The molecule has 2 aliphatic rings. The van der Waals surface area contributed by atoms with Gasteiger partial charge in [-0.2, -0.15) is 5.01 Å². The quantitative estimate of drug-likeness (QED) is 0.520. The Bertz CT molecular complexity index is 1390. The molecule has 9 nitrogen and oxygen atoms in total. The third kappa shape index (κ3) is 3.71. The summed E-state index contributed by atoms with van der Waals surface area (Å²) in [7, 11) is 0. The standard InChI is InChI=1S/C22H16Cl2N6O3/c1-10-20(25)29-30(22(32)26-10)12-7-16(23)19(17(24)8-12)33-18-9-15(21(31)28-27-18)14-6-11-4-2-3-5-13(11)14/h2-5,7-9,14H,1,6H2,(H2,25,29)(H,26,32)(H,28,31)/t14-/m0/s1. The minimum Gasteiger partial charge on any atom is -0.434 e. The van der Waals surface area contributed by atoms with Crippen LogP contribution in [0.3, 0.4) is 0 Å². The SMILES string of the molecule is C=C1NC(=O)N(c2cc(Cl)c(Oc3cc([C@H]4Cc5ccccc54)c(=O)[nH]n3)c(Cl)c2)N=C1N. The molecule has 0 saturated carbocycles. The van der Waals surface area contributed by atoms with Gasteiger partial charge < -0.3 is 15.8 Å². The number of amidine groups is 1. The number of fused-ring (bicyclic) bond motifs is 1. The first kappa shape index (κ1) is 21.0. The van der Waals surface area contributed by atoms with Crippen molar-refractivity contribution in [3.8, 4) is 11.6 Å². The van der Waals surface area contributed by atoms with Crippen LogP contribution in [0.2, 0.25) is 10.0 Å². The second-order valence-electron chi connectivity index (χ2n) is 7.49. The number of nitrogens with two attached hydrogens (primary N) is 1. The zero-order chi connectivity index (χ0) is 23.3. The molecular formula is C22H16Cl2N6O3. The van der Waals surface area contributed by atoms with Crippen LogP contribution < -0.4 is 26.4 Å². The molecule has 3 aromatic rings. The number of aromatic amines is 1. The molecule has 0 radical (unpaired) electrons. The lowest BCUT2D eigenvalue weighted by Crippen LogP contribution is -2.45. The largest absolute Gasteiger partial charge is 0.434 e. The molecule has 0 saturated heterocycles. The predicted molar refractivity (Wildman–Crippen MR) is 125 cm³/mol. The first-order valence-electron chi connectivity index (χ1n) is 9.80. The van der Waals surface area contributed by atoms with Crippen LogP contribution in [-0.4, -0.2) is 22.1 Å². The van der Waals surface area contributed by atoms with Crippen LogP contribution in [0.15, 0.2) is 64.6 Å². The summed E-state index contributed by atoms with van der Waals surface area (Å²) < 4.78 is 5.81. The van der Waals surface area contributed by atoms with E-state index in [1.165, 1.54) is 17.7 Å². The number of hydrogen-bond donors (Lipinski definition) is 3. The van der Waals surface area contributed by atoms with E-state index < -0.39 is 6.03 Å². The van der Waals surface area contributed by atoms with Gasteiger partial charge in [0.2, 0.25) is 5.88 Å². The Labute approximate surface area is 197 Å². The third-order valence-corrected chi connectivity index (χ3v) is 6.00. The lowest BCUT2D eigenvalue weighted by atomic mass is 9.74. The van der Waals surface area contributed by atoms with Crippen LogP contribution >= 0.6 is 23.2 Å². The number of hydrazone groups is 1. The molecule has 33 heavy (non-hydrogen) atoms. The van der Waals surface area contributed by atoms with E-state index in [4.69, 9.17) is 33.7 Å². The highest BCUT2D eigenvalue weighted by Gasteiger charge is 2.30. The zero-order valence-electron chi connectivity index (χ0n) is 16.9. The summed E-state index contributed by atoms with van der Waals surface area (Å²) in [6.07, 6.45) is 0.757. The summed E-state index contributed by atoms with van der Waals surface area (Å²) in [6, 6.07) is 11.8. The predicted octanol–water partition coefficient (Wildman–Crippen LogP) is 3.87. The van der Waals surface area contributed by atoms with Gasteiger partial charge in [0.05, 0.1) is 21.4 Å². The first-order chi connectivity index (χ1) is 15.8. The van der Waals surface area contributed by atoms with Gasteiger partial charge in [0.15, 0.2) is 11.6 Å². The van der Waals surface area contributed by atoms with Crippen LogP contribution in [-0.2, 0) is 6.42 Å². The van der Waals surface area contributed by atoms with E-state index in [2.05, 4.69) is 27.2 Å². The van der Waals surface area contributed by atoms with E-state index in [1.54, 1.807) is 6.07 Å². The van der Waals surface area contributed by atoms with Crippen LogP contribution in [0.5, 0.6) is 11.6 Å². The van der Waals surface area contributed by atoms with Gasteiger partial charge >= 0.3 is 6.03 Å². The van der Waals surface area contributed by atoms with Gasteiger partial charge in [-0.05, 0) is 29.7 Å². The Morgan fingerprint density at radius 3 is 2.58 bits per heavy atom. The van der Waals surface area contributed by atoms with Crippen LogP contribution in [0.25, 0.3) is 0 Å². The van der Waals surface area contributed by atoms with E-state index in [1.807, 2.05) is 24.3 Å². The summed E-state index contributed by atoms with van der Waals surface area (Å²) in [5.74, 6) is 0.240. The molecule has 0 spiro atoms. The van der Waals surface area contributed by atoms with E-state index in [0.717, 1.165) is 17.0 Å². The molecule has 0 fully saturated rings. The molecule has 5 rings (SSSR count). The van der Waals surface area contributed by atoms with Crippen molar-refractivity contribution in [2.24, 2.45) is 10.8 Å². The minimum absolute atomic E-state index is 0.0423. The number of rotatable bonds is 4. The average Bonchev–Trinajstić information content (AvgIpc) is 2.76. The molecule has 4 N–H and O–H groups in total. The van der Waals surface area contributed by atoms with Gasteiger partial charge in [-0.15, -0.1) is 10.2 Å². The van der Waals surface area contributed by atoms with E-state index in [9.17, 15) is 9.59 Å². The van der Waals surface area contributed by atoms with Gasteiger partial charge in [0.25, 0.3) is 5.56 Å². The number of nitrogens with one attached hydrogen (secondary N) is 2. The number of amides is 2. The number of benzene rings is 2. The molecule has 2 aromatic carbocycles. The molecule has 1 aromatic heterocycles. The maximum Gasteiger partial charge on any atom is 0.347 e. The number of nitrogens with zero attached hydrogens (tertiary/aromatic N) is 3. The second-order valence-corrected chi connectivity index (χ2v) is 8.31. The van der Waals surface area contributed by atoms with Crippen molar-refractivity contribution in [2.75, 3.05) is 5.01 Å². The molecule has 0 bridgehead atoms. The highest BCUT2D eigenvalue weighted by molar-refractivity contribution is 6.37. The van der Waals surface area contributed by atoms with Crippen molar-refractivity contribution in [3.05, 3.63) is 91.8 Å². The average molecular weight is 483 g/mol. The highest BCUT2D eigenvalue weighted by atomic mass is 35.5. The number of anilines is 1. The summed E-state index contributed by atoms with van der Waals surface area (Å²) in [5, 5.41) is 14.1. The van der Waals surface area contributed by atoms with Gasteiger partial charge in [0, 0.05) is 17.5 Å². The number of H-pyrrole nitrogens is 1. The fraction of sp³-hybridized carbons (Fsp3) is 0.0909. The second kappa shape index (κ2) is 7.95. The Morgan fingerprint density at radius 1 is 1.12 bits per heavy atom. The minimum atomic E-state index is -0.567. The van der Waals surface area contributed by atoms with Crippen LogP contribution in [0, 0.1) is 0 Å². The topological polar surface area (TPSA) is 126 Å². The summed E-state index contributed by atoms with van der Waals surface area (Å²) in [4.78, 5) is 24.6. The maximum atomic E-state index is 12.4. The van der Waals surface area contributed by atoms with Crippen molar-refractivity contribution in [3.63, 3.8) is 0 Å². The van der Waals surface area contributed by atoms with Crippen LogP contribution in [0.4, 0.5) is 10.5 Å². The van der Waals surface area contributed by atoms with E-state index in [-0.39, 0.29) is 50.4 Å². The Balaban J connectivity index is 1.44. The Kier molecular flexibility index (Phi) is 5.07. The molecular weight excluding hydrogens is 467 g/mol. The van der Waals surface area contributed by atoms with Gasteiger partial charge in [0.1, 0.15) is 0 Å². The highest BCUT2D eigenvalue weighted by Crippen LogP contribution is 2.42. The molecule has 11 heteroatoms. The van der Waals surface area contributed by atoms with Crippen molar-refractivity contribution in [1.29, 1.82) is 0 Å². The number of aromatic nitrogens is 2. The van der Waals surface area contributed by atoms with E-state index >= 15 is 0 Å². The summed E-state index contributed by atoms with van der Waals surface area (Å²) in [5.41, 5.74) is 8.76. The smallest absolute Gasteiger partial charge is 0.347 e. The van der Waals surface area contributed by atoms with Gasteiger partial charge in [-0.3, -0.25) is 4.79 Å². The maximum absolute atomic E-state index is 12.4. The van der Waals surface area contributed by atoms with Gasteiger partial charge in [-0.25, -0.2) is 9.89 Å². The van der Waals surface area contributed by atoms with Gasteiger partial charge in [-0.1, -0.05) is 54.0 Å². The fourth-order valence-corrected chi connectivity index (χ4v) is 4.31. The van der Waals surface area contributed by atoms with Crippen molar-refractivity contribution < 1.29 is 9.53 Å². The fourth-order valence-electron chi connectivity index (χ4n) is 3.75. The molecule has 166 valence electrons. The van der Waals surface area contributed by atoms with Crippen molar-refractivity contribution in [2.45, 2.75) is 12.3 Å². The van der Waals surface area contributed by atoms with Crippen molar-refractivity contribution >= 4 is 40.8 Å². The first-order valence-corrected chi connectivity index (χ1v) is 10.6. The molecule has 1 aliphatic carbocycles. The van der Waals surface area contributed by atoms with Crippen molar-refractivity contribution in [1.82, 2.24) is 15.5 Å². The van der Waals surface area contributed by atoms with Crippen LogP contribution in [0.1, 0.15) is 22.6 Å². The van der Waals surface area contributed by atoms with E-state index in [0.29, 0.717) is 5.56 Å². The Morgan fingerprint density at radius 2 is 1.85 bits per heavy atom. The number of ether oxygens (including phenoxy) is 1. The normalized spacial score (nSPS) is 17.1. The molecule has 0 unspecified atom stereocenters. The lowest BCUT2D eigenvalue weighted by molar-refractivity contribution is 0.248. The molecule has 2 amide bonds. The summed E-state index contributed by atoms with van der Waals surface area (Å²) in [6.45, 7) is 3.60. The number of halogens is 2. The summed E-state index contributed by atoms with van der Waals surface area (Å²) >= 11 is 12.8. The Hall–Kier alpha value is -3.82. The third-order valence-electron chi connectivity index (χ3n) is 5.44. The zero-order valence-corrected chi connectivity index (χ0v) is 18.4. The number of urea groups is 1. The number of carbonyl (C=O) groups excluding carboxylic acids is 1. The molecule has 1 aliphatic heterocycles. The monoisotopic (exact) mass is 482 g/mol. The lowest BCUT2D eigenvalue weighted by Gasteiger charge is -2.29. The number of hydrogen-bond acceptors (Lipinski definition) is 6.